The molecule has 1 aromatic heterocycles. The summed E-state index contributed by atoms with van der Waals surface area (Å²) >= 11 is 0. The van der Waals surface area contributed by atoms with Crippen molar-refractivity contribution < 1.29 is 9.18 Å². The Balaban J connectivity index is 1.61. The summed E-state index contributed by atoms with van der Waals surface area (Å²) in [5, 5.41) is 4.23. The molecule has 5 rings (SSSR count). The molecule has 1 amide bonds. The van der Waals surface area contributed by atoms with Crippen LogP contribution in [0.5, 0.6) is 0 Å². The van der Waals surface area contributed by atoms with E-state index >= 15 is 0 Å². The third-order valence-electron chi connectivity index (χ3n) is 6.38. The van der Waals surface area contributed by atoms with E-state index in [1.165, 1.54) is 16.7 Å². The lowest BCUT2D eigenvalue weighted by molar-refractivity contribution is 0.0711. The molecule has 148 valence electrons. The van der Waals surface area contributed by atoms with E-state index in [0.717, 1.165) is 29.6 Å². The number of hydrogen-bond donors (Lipinski definition) is 1. The van der Waals surface area contributed by atoms with Crippen LogP contribution in [0.25, 0.3) is 10.9 Å². The first kappa shape index (κ1) is 18.1. The molecule has 3 atom stereocenters. The number of fused-ring (bicyclic) bond motifs is 2. The van der Waals surface area contributed by atoms with Crippen LogP contribution in [0.3, 0.4) is 0 Å². The predicted octanol–water partition coefficient (Wildman–Crippen LogP) is 2.71. The van der Waals surface area contributed by atoms with Crippen LogP contribution in [0.4, 0.5) is 4.39 Å². The van der Waals surface area contributed by atoms with E-state index in [2.05, 4.69) is 5.32 Å². The van der Waals surface area contributed by atoms with Gasteiger partial charge in [0.25, 0.3) is 11.5 Å². The molecule has 3 heterocycles. The number of halogens is 1. The fraction of sp³-hybridized carbons (Fsp3) is 0.304. The molecule has 2 saturated heterocycles. The van der Waals surface area contributed by atoms with E-state index in [9.17, 15) is 14.0 Å². The van der Waals surface area contributed by atoms with Crippen LogP contribution in [0.1, 0.15) is 22.0 Å². The molecule has 1 N–H and O–H groups in total. The first-order chi connectivity index (χ1) is 14.0. The number of hydrogen-bond acceptors (Lipinski definition) is 3. The number of likely N-dealkylation sites (tertiary alicyclic amines) is 1. The van der Waals surface area contributed by atoms with Gasteiger partial charge < -0.3 is 14.8 Å². The summed E-state index contributed by atoms with van der Waals surface area (Å²) in [5.74, 6) is -0.0764. The Hall–Kier alpha value is -2.99. The number of para-hydroxylation sites is 1. The monoisotopic (exact) mass is 391 g/mol. The molecule has 2 fully saturated rings. The van der Waals surface area contributed by atoms with Crippen molar-refractivity contribution in [2.45, 2.75) is 6.04 Å². The number of benzene rings is 2. The highest BCUT2D eigenvalue weighted by Crippen LogP contribution is 2.43. The number of carbonyl (C=O) groups excluding carboxylic acids is 1. The van der Waals surface area contributed by atoms with Crippen LogP contribution in [0.15, 0.2) is 59.4 Å². The fourth-order valence-electron chi connectivity index (χ4n) is 4.98. The van der Waals surface area contributed by atoms with Crippen molar-refractivity contribution >= 4 is 16.8 Å². The SMILES string of the molecule is Cn1c(=O)c(C(=O)N2C[C@@H]3CNC[C@@H]3[C@@H]2c2cccc(F)c2)cc2ccccc21. The molecule has 0 aliphatic carbocycles. The maximum absolute atomic E-state index is 13.9. The quantitative estimate of drug-likeness (QED) is 0.731. The van der Waals surface area contributed by atoms with Gasteiger partial charge >= 0.3 is 0 Å². The molecule has 0 radical (unpaired) electrons. The van der Waals surface area contributed by atoms with Crippen LogP contribution < -0.4 is 10.9 Å². The van der Waals surface area contributed by atoms with E-state index < -0.39 is 0 Å². The van der Waals surface area contributed by atoms with Gasteiger partial charge in [0.2, 0.25) is 0 Å². The van der Waals surface area contributed by atoms with Gasteiger partial charge in [-0.2, -0.15) is 0 Å². The normalized spacial score (nSPS) is 23.5. The van der Waals surface area contributed by atoms with Crippen LogP contribution in [0.2, 0.25) is 0 Å². The van der Waals surface area contributed by atoms with E-state index in [1.54, 1.807) is 24.1 Å². The molecule has 29 heavy (non-hydrogen) atoms. The number of pyridine rings is 1. The highest BCUT2D eigenvalue weighted by Gasteiger charge is 2.47. The number of aryl methyl sites for hydroxylation is 1. The lowest BCUT2D eigenvalue weighted by Crippen LogP contribution is -2.38. The largest absolute Gasteiger partial charge is 0.331 e. The highest BCUT2D eigenvalue weighted by molar-refractivity contribution is 5.97. The molecule has 5 nitrogen and oxygen atoms in total. The van der Waals surface area contributed by atoms with Gasteiger partial charge in [0, 0.05) is 32.6 Å². The van der Waals surface area contributed by atoms with Gasteiger partial charge in [-0.25, -0.2) is 4.39 Å². The van der Waals surface area contributed by atoms with Crippen molar-refractivity contribution in [3.8, 4) is 0 Å². The second-order valence-corrected chi connectivity index (χ2v) is 8.02. The Morgan fingerprint density at radius 2 is 1.93 bits per heavy atom. The Kier molecular flexibility index (Phi) is 4.24. The van der Waals surface area contributed by atoms with Crippen molar-refractivity contribution in [2.24, 2.45) is 18.9 Å². The first-order valence-corrected chi connectivity index (χ1v) is 9.90. The van der Waals surface area contributed by atoms with Crippen LogP contribution >= 0.6 is 0 Å². The minimum atomic E-state index is -0.314. The van der Waals surface area contributed by atoms with Crippen molar-refractivity contribution in [3.05, 3.63) is 81.9 Å². The van der Waals surface area contributed by atoms with E-state index in [-0.39, 0.29) is 34.8 Å². The zero-order chi connectivity index (χ0) is 20.1. The Labute approximate surface area is 167 Å². The molecule has 0 bridgehead atoms. The number of aromatic nitrogens is 1. The molecule has 0 unspecified atom stereocenters. The molecular weight excluding hydrogens is 369 g/mol. The van der Waals surface area contributed by atoms with Gasteiger partial charge in [0.1, 0.15) is 11.4 Å². The minimum Gasteiger partial charge on any atom is -0.331 e. The third kappa shape index (κ3) is 2.86. The van der Waals surface area contributed by atoms with Gasteiger partial charge in [-0.1, -0.05) is 30.3 Å². The molecule has 3 aromatic rings. The minimum absolute atomic E-state index is 0.167. The number of rotatable bonds is 2. The lowest BCUT2D eigenvalue weighted by atomic mass is 9.89. The van der Waals surface area contributed by atoms with Crippen LogP contribution in [-0.2, 0) is 7.05 Å². The second kappa shape index (κ2) is 6.81. The summed E-state index contributed by atoms with van der Waals surface area (Å²) < 4.78 is 15.5. The molecular formula is C23H22FN3O2. The number of nitrogens with one attached hydrogen (secondary N) is 1. The lowest BCUT2D eigenvalue weighted by Gasteiger charge is -2.28. The Morgan fingerprint density at radius 1 is 1.10 bits per heavy atom. The zero-order valence-electron chi connectivity index (χ0n) is 16.1. The van der Waals surface area contributed by atoms with Crippen molar-refractivity contribution in [1.82, 2.24) is 14.8 Å². The molecule has 0 spiro atoms. The molecule has 2 aromatic carbocycles. The zero-order valence-corrected chi connectivity index (χ0v) is 16.1. The standard InChI is InChI=1S/C23H22FN3O2/c1-26-20-8-3-2-5-14(20)10-18(22(26)28)23(29)27-13-16-11-25-12-19(16)21(27)15-6-4-7-17(24)9-15/h2-10,16,19,21,25H,11-13H2,1H3/t16-,19-,21-/m0/s1. The second-order valence-electron chi connectivity index (χ2n) is 8.02. The third-order valence-corrected chi connectivity index (χ3v) is 6.38. The summed E-state index contributed by atoms with van der Waals surface area (Å²) in [6.07, 6.45) is 0. The summed E-state index contributed by atoms with van der Waals surface area (Å²) in [6.45, 7) is 2.18. The van der Waals surface area contributed by atoms with E-state index in [1.807, 2.05) is 30.3 Å². The van der Waals surface area contributed by atoms with Crippen molar-refractivity contribution in [3.63, 3.8) is 0 Å². The molecule has 2 aliphatic heterocycles. The summed E-state index contributed by atoms with van der Waals surface area (Å²) in [4.78, 5) is 28.3. The Bertz CT molecular complexity index is 1170. The first-order valence-electron chi connectivity index (χ1n) is 9.90. The summed E-state index contributed by atoms with van der Waals surface area (Å²) in [7, 11) is 1.69. The van der Waals surface area contributed by atoms with Crippen LogP contribution in [-0.4, -0.2) is 35.0 Å². The van der Waals surface area contributed by atoms with Crippen molar-refractivity contribution in [1.29, 1.82) is 0 Å². The number of nitrogens with zero attached hydrogens (tertiary/aromatic N) is 2. The van der Waals surface area contributed by atoms with Gasteiger partial charge in [-0.15, -0.1) is 0 Å². The van der Waals surface area contributed by atoms with Crippen molar-refractivity contribution in [2.75, 3.05) is 19.6 Å². The van der Waals surface area contributed by atoms with Gasteiger partial charge in [-0.3, -0.25) is 9.59 Å². The molecule has 2 aliphatic rings. The maximum Gasteiger partial charge on any atom is 0.263 e. The fourth-order valence-corrected chi connectivity index (χ4v) is 4.98. The number of amides is 1. The maximum atomic E-state index is 13.9. The highest BCUT2D eigenvalue weighted by atomic mass is 19.1. The average molecular weight is 391 g/mol. The topological polar surface area (TPSA) is 54.3 Å². The summed E-state index contributed by atoms with van der Waals surface area (Å²) in [5.41, 5.74) is 1.44. The van der Waals surface area contributed by atoms with Gasteiger partial charge in [0.15, 0.2) is 0 Å². The molecule has 6 heteroatoms. The van der Waals surface area contributed by atoms with E-state index in [0.29, 0.717) is 12.5 Å². The Morgan fingerprint density at radius 3 is 2.76 bits per heavy atom. The van der Waals surface area contributed by atoms with Crippen LogP contribution in [0, 0.1) is 17.7 Å². The predicted molar refractivity (Wildman–Crippen MR) is 109 cm³/mol. The van der Waals surface area contributed by atoms with Gasteiger partial charge in [0.05, 0.1) is 11.6 Å². The number of carbonyl (C=O) groups is 1. The van der Waals surface area contributed by atoms with E-state index in [4.69, 9.17) is 0 Å². The molecule has 0 saturated carbocycles. The average Bonchev–Trinajstić information content (AvgIpc) is 3.31. The van der Waals surface area contributed by atoms with Gasteiger partial charge in [-0.05, 0) is 41.1 Å². The smallest absolute Gasteiger partial charge is 0.263 e. The summed E-state index contributed by atoms with van der Waals surface area (Å²) in [6, 6.07) is 15.4.